The molecule has 1 unspecified atom stereocenters. The highest BCUT2D eigenvalue weighted by molar-refractivity contribution is 5.92. The van der Waals surface area contributed by atoms with E-state index in [1.54, 1.807) is 7.05 Å². The van der Waals surface area contributed by atoms with Crippen LogP contribution in [0.1, 0.15) is 37.8 Å². The van der Waals surface area contributed by atoms with E-state index in [1.165, 1.54) is 5.56 Å². The summed E-state index contributed by atoms with van der Waals surface area (Å²) in [4.78, 5) is 16.0. The van der Waals surface area contributed by atoms with Gasteiger partial charge in [-0.05, 0) is 29.2 Å². The summed E-state index contributed by atoms with van der Waals surface area (Å²) < 4.78 is 0. The lowest BCUT2D eigenvalue weighted by Gasteiger charge is -2.16. The molecule has 2 rings (SSSR count). The average Bonchev–Trinajstić information content (AvgIpc) is 2.69. The van der Waals surface area contributed by atoms with Crippen LogP contribution in [0, 0.1) is 5.92 Å². The molecule has 0 aromatic heterocycles. The SMILES string of the molecule is CN=C(NCc1ccc(NC(=O)C(C)C)cc1)NCC(C)c1ccccc1. The molecule has 0 bridgehead atoms. The Morgan fingerprint density at radius 3 is 2.22 bits per heavy atom. The van der Waals surface area contributed by atoms with Gasteiger partial charge in [-0.2, -0.15) is 0 Å². The van der Waals surface area contributed by atoms with Gasteiger partial charge in [0.05, 0.1) is 0 Å². The van der Waals surface area contributed by atoms with Crippen molar-refractivity contribution in [2.45, 2.75) is 33.2 Å². The van der Waals surface area contributed by atoms with Gasteiger partial charge >= 0.3 is 0 Å². The predicted molar refractivity (Wildman–Crippen MR) is 113 cm³/mol. The van der Waals surface area contributed by atoms with Gasteiger partial charge in [0.1, 0.15) is 0 Å². The fourth-order valence-electron chi connectivity index (χ4n) is 2.55. The second-order valence-electron chi connectivity index (χ2n) is 6.96. The van der Waals surface area contributed by atoms with E-state index in [0.717, 1.165) is 23.8 Å². The van der Waals surface area contributed by atoms with Gasteiger partial charge in [-0.3, -0.25) is 9.79 Å². The normalized spacial score (nSPS) is 12.6. The largest absolute Gasteiger partial charge is 0.356 e. The molecular weight excluding hydrogens is 336 g/mol. The highest BCUT2D eigenvalue weighted by atomic mass is 16.1. The fraction of sp³-hybridized carbons (Fsp3) is 0.364. The maximum Gasteiger partial charge on any atom is 0.226 e. The van der Waals surface area contributed by atoms with Crippen LogP contribution in [0.15, 0.2) is 59.6 Å². The Kier molecular flexibility index (Phi) is 7.86. The molecule has 0 radical (unpaired) electrons. The van der Waals surface area contributed by atoms with E-state index in [-0.39, 0.29) is 11.8 Å². The van der Waals surface area contributed by atoms with E-state index in [9.17, 15) is 4.79 Å². The summed E-state index contributed by atoms with van der Waals surface area (Å²) in [6, 6.07) is 18.3. The van der Waals surface area contributed by atoms with Crippen LogP contribution in [0.25, 0.3) is 0 Å². The van der Waals surface area contributed by atoms with Gasteiger partial charge in [0.15, 0.2) is 5.96 Å². The summed E-state index contributed by atoms with van der Waals surface area (Å²) in [5, 5.41) is 9.59. The van der Waals surface area contributed by atoms with Crippen molar-refractivity contribution in [3.8, 4) is 0 Å². The minimum Gasteiger partial charge on any atom is -0.356 e. The lowest BCUT2D eigenvalue weighted by atomic mass is 10.0. The van der Waals surface area contributed by atoms with Crippen molar-refractivity contribution in [1.29, 1.82) is 0 Å². The van der Waals surface area contributed by atoms with Gasteiger partial charge in [-0.25, -0.2) is 0 Å². The second kappa shape index (κ2) is 10.4. The molecule has 2 aromatic rings. The maximum absolute atomic E-state index is 11.7. The van der Waals surface area contributed by atoms with Crippen molar-refractivity contribution >= 4 is 17.6 Å². The Bertz CT molecular complexity index is 739. The van der Waals surface area contributed by atoms with Crippen LogP contribution in [-0.4, -0.2) is 25.5 Å². The number of amides is 1. The first-order valence-corrected chi connectivity index (χ1v) is 9.39. The molecule has 5 nitrogen and oxygen atoms in total. The highest BCUT2D eigenvalue weighted by Gasteiger charge is 2.08. The molecule has 0 aliphatic heterocycles. The van der Waals surface area contributed by atoms with Gasteiger partial charge < -0.3 is 16.0 Å². The first-order chi connectivity index (χ1) is 13.0. The number of hydrogen-bond acceptors (Lipinski definition) is 2. The van der Waals surface area contributed by atoms with E-state index in [1.807, 2.05) is 44.2 Å². The minimum absolute atomic E-state index is 0.0259. The van der Waals surface area contributed by atoms with Gasteiger partial charge in [0, 0.05) is 31.7 Å². The topological polar surface area (TPSA) is 65.5 Å². The van der Waals surface area contributed by atoms with Gasteiger partial charge in [0.25, 0.3) is 0 Å². The number of anilines is 1. The Labute approximate surface area is 162 Å². The predicted octanol–water partition coefficient (Wildman–Crippen LogP) is 3.75. The molecule has 0 saturated heterocycles. The van der Waals surface area contributed by atoms with E-state index in [2.05, 4.69) is 52.1 Å². The Balaban J connectivity index is 1.81. The molecule has 3 N–H and O–H groups in total. The molecule has 0 aliphatic rings. The van der Waals surface area contributed by atoms with Crippen molar-refractivity contribution in [3.05, 3.63) is 65.7 Å². The van der Waals surface area contributed by atoms with E-state index < -0.39 is 0 Å². The van der Waals surface area contributed by atoms with E-state index in [4.69, 9.17) is 0 Å². The summed E-state index contributed by atoms with van der Waals surface area (Å²) in [7, 11) is 1.77. The molecule has 2 aromatic carbocycles. The van der Waals surface area contributed by atoms with Gasteiger partial charge in [0.2, 0.25) is 5.91 Å². The molecule has 1 atom stereocenters. The third-order valence-corrected chi connectivity index (χ3v) is 4.37. The molecular formula is C22H30N4O. The number of nitrogens with zero attached hydrogens (tertiary/aromatic N) is 1. The summed E-state index contributed by atoms with van der Waals surface area (Å²) >= 11 is 0. The molecule has 0 spiro atoms. The average molecular weight is 367 g/mol. The van der Waals surface area contributed by atoms with Crippen LogP contribution in [0.5, 0.6) is 0 Å². The van der Waals surface area contributed by atoms with Crippen molar-refractivity contribution in [2.75, 3.05) is 18.9 Å². The van der Waals surface area contributed by atoms with Crippen LogP contribution < -0.4 is 16.0 Å². The molecule has 0 aliphatic carbocycles. The molecule has 0 heterocycles. The first kappa shape index (κ1) is 20.5. The summed E-state index contributed by atoms with van der Waals surface area (Å²) in [5.74, 6) is 1.17. The number of carbonyl (C=O) groups excluding carboxylic acids is 1. The number of carbonyl (C=O) groups is 1. The third kappa shape index (κ3) is 6.77. The summed E-state index contributed by atoms with van der Waals surface area (Å²) in [6.07, 6.45) is 0. The second-order valence-corrected chi connectivity index (χ2v) is 6.96. The quantitative estimate of drug-likeness (QED) is 0.516. The monoisotopic (exact) mass is 366 g/mol. The number of rotatable bonds is 7. The fourth-order valence-corrected chi connectivity index (χ4v) is 2.55. The zero-order chi connectivity index (χ0) is 19.6. The highest BCUT2D eigenvalue weighted by Crippen LogP contribution is 2.13. The van der Waals surface area contributed by atoms with Crippen molar-refractivity contribution in [2.24, 2.45) is 10.9 Å². The maximum atomic E-state index is 11.7. The zero-order valence-corrected chi connectivity index (χ0v) is 16.6. The number of guanidine groups is 1. The summed E-state index contributed by atoms with van der Waals surface area (Å²) in [5.41, 5.74) is 3.24. The minimum atomic E-state index is -0.0287. The molecule has 27 heavy (non-hydrogen) atoms. The van der Waals surface area contributed by atoms with Crippen LogP contribution in [0.2, 0.25) is 0 Å². The Hall–Kier alpha value is -2.82. The lowest BCUT2D eigenvalue weighted by molar-refractivity contribution is -0.118. The Morgan fingerprint density at radius 2 is 1.63 bits per heavy atom. The van der Waals surface area contributed by atoms with Crippen molar-refractivity contribution in [1.82, 2.24) is 10.6 Å². The van der Waals surface area contributed by atoms with Crippen LogP contribution in [-0.2, 0) is 11.3 Å². The van der Waals surface area contributed by atoms with E-state index >= 15 is 0 Å². The standard InChI is InChI=1S/C22H30N4O/c1-16(2)21(27)26-20-12-10-18(11-13-20)15-25-22(23-4)24-14-17(3)19-8-6-5-7-9-19/h5-13,16-17H,14-15H2,1-4H3,(H,26,27)(H2,23,24,25). The zero-order valence-electron chi connectivity index (χ0n) is 16.6. The Morgan fingerprint density at radius 1 is 0.963 bits per heavy atom. The van der Waals surface area contributed by atoms with Crippen LogP contribution in [0.3, 0.4) is 0 Å². The molecule has 144 valence electrons. The third-order valence-electron chi connectivity index (χ3n) is 4.37. The molecule has 0 saturated carbocycles. The van der Waals surface area contributed by atoms with Gasteiger partial charge in [-0.15, -0.1) is 0 Å². The first-order valence-electron chi connectivity index (χ1n) is 9.39. The van der Waals surface area contributed by atoms with Crippen molar-refractivity contribution in [3.63, 3.8) is 0 Å². The number of nitrogens with one attached hydrogen (secondary N) is 3. The number of hydrogen-bond donors (Lipinski definition) is 3. The number of aliphatic imine (C=N–C) groups is 1. The smallest absolute Gasteiger partial charge is 0.226 e. The molecule has 0 fully saturated rings. The summed E-state index contributed by atoms with van der Waals surface area (Å²) in [6.45, 7) is 7.43. The molecule has 1 amide bonds. The van der Waals surface area contributed by atoms with Crippen LogP contribution >= 0.6 is 0 Å². The lowest BCUT2D eigenvalue weighted by Crippen LogP contribution is -2.38. The molecule has 5 heteroatoms. The van der Waals surface area contributed by atoms with E-state index in [0.29, 0.717) is 12.5 Å². The van der Waals surface area contributed by atoms with Crippen LogP contribution in [0.4, 0.5) is 5.69 Å². The van der Waals surface area contributed by atoms with Gasteiger partial charge in [-0.1, -0.05) is 63.2 Å². The number of benzene rings is 2. The van der Waals surface area contributed by atoms with Crippen molar-refractivity contribution < 1.29 is 4.79 Å².